The minimum Gasteiger partial charge on any atom is -0.497 e. The normalized spacial score (nSPS) is 15.4. The van der Waals surface area contributed by atoms with Gasteiger partial charge in [-0.25, -0.2) is 0 Å². The standard InChI is InChI=1S/C20H16N2O5S2/c1-26-14-10-11-16(17(12-14)27-2)21-19(23)18(29-20(21)28)9-5-7-13-6-3-4-8-15(13)22(24)25/h3-12H,1-2H3/b7-5+,18-9-. The molecule has 9 heteroatoms. The smallest absolute Gasteiger partial charge is 0.276 e. The lowest BCUT2D eigenvalue weighted by atomic mass is 10.1. The van der Waals surface area contributed by atoms with E-state index in [4.69, 9.17) is 21.7 Å². The van der Waals surface area contributed by atoms with Gasteiger partial charge in [0.1, 0.15) is 11.5 Å². The van der Waals surface area contributed by atoms with Gasteiger partial charge in [-0.2, -0.15) is 0 Å². The number of hydrogen-bond acceptors (Lipinski definition) is 7. The van der Waals surface area contributed by atoms with Gasteiger partial charge in [0.05, 0.1) is 35.3 Å². The minimum absolute atomic E-state index is 0.00679. The van der Waals surface area contributed by atoms with Crippen LogP contribution in [0.1, 0.15) is 5.56 Å². The SMILES string of the molecule is COc1ccc(N2C(=O)/C(=C/C=C/c3ccccc3[N+](=O)[O-])SC2=S)c(OC)c1. The van der Waals surface area contributed by atoms with Crippen LogP contribution < -0.4 is 14.4 Å². The monoisotopic (exact) mass is 428 g/mol. The molecular weight excluding hydrogens is 412 g/mol. The molecule has 0 saturated carbocycles. The van der Waals surface area contributed by atoms with Gasteiger partial charge in [-0.1, -0.05) is 42.2 Å². The third-order valence-corrected chi connectivity index (χ3v) is 5.40. The molecule has 7 nitrogen and oxygen atoms in total. The van der Waals surface area contributed by atoms with E-state index in [2.05, 4.69) is 0 Å². The summed E-state index contributed by atoms with van der Waals surface area (Å²) in [5.41, 5.74) is 0.954. The number of carbonyl (C=O) groups is 1. The summed E-state index contributed by atoms with van der Waals surface area (Å²) in [6.07, 6.45) is 4.77. The molecule has 0 aromatic heterocycles. The Kier molecular flexibility index (Phi) is 6.30. The second kappa shape index (κ2) is 8.89. The Labute approximate surface area is 176 Å². The summed E-state index contributed by atoms with van der Waals surface area (Å²) in [7, 11) is 3.04. The van der Waals surface area contributed by atoms with Crippen molar-refractivity contribution < 1.29 is 19.2 Å². The number of nitrogens with zero attached hydrogens (tertiary/aromatic N) is 2. The van der Waals surface area contributed by atoms with Crippen molar-refractivity contribution in [3.63, 3.8) is 0 Å². The molecule has 1 aliphatic heterocycles. The summed E-state index contributed by atoms with van der Waals surface area (Å²) in [6.45, 7) is 0. The third kappa shape index (κ3) is 4.30. The molecule has 29 heavy (non-hydrogen) atoms. The quantitative estimate of drug-likeness (QED) is 0.288. The Morgan fingerprint density at radius 1 is 1.17 bits per heavy atom. The number of hydrogen-bond donors (Lipinski definition) is 0. The van der Waals surface area contributed by atoms with E-state index in [1.165, 1.54) is 18.1 Å². The van der Waals surface area contributed by atoms with Crippen molar-refractivity contribution in [1.29, 1.82) is 0 Å². The molecule has 0 atom stereocenters. The van der Waals surface area contributed by atoms with Crippen molar-refractivity contribution in [2.24, 2.45) is 0 Å². The van der Waals surface area contributed by atoms with Crippen LogP contribution in [0.5, 0.6) is 11.5 Å². The van der Waals surface area contributed by atoms with Crippen molar-refractivity contribution in [2.75, 3.05) is 19.1 Å². The topological polar surface area (TPSA) is 81.9 Å². The highest BCUT2D eigenvalue weighted by molar-refractivity contribution is 8.27. The molecule has 3 rings (SSSR count). The van der Waals surface area contributed by atoms with Crippen molar-refractivity contribution in [2.45, 2.75) is 0 Å². The molecule has 0 unspecified atom stereocenters. The molecule has 0 spiro atoms. The molecule has 1 aliphatic rings. The first kappa shape index (κ1) is 20.6. The van der Waals surface area contributed by atoms with Crippen LogP contribution in [0.2, 0.25) is 0 Å². The van der Waals surface area contributed by atoms with Crippen LogP contribution in [0.25, 0.3) is 6.08 Å². The van der Waals surface area contributed by atoms with E-state index in [1.54, 1.807) is 61.7 Å². The van der Waals surface area contributed by atoms with Crippen LogP contribution in [0, 0.1) is 10.1 Å². The van der Waals surface area contributed by atoms with Crippen molar-refractivity contribution >= 4 is 51.7 Å². The number of para-hydroxylation sites is 1. The van der Waals surface area contributed by atoms with Crippen LogP contribution in [0.15, 0.2) is 59.5 Å². The highest BCUT2D eigenvalue weighted by atomic mass is 32.2. The van der Waals surface area contributed by atoms with Crippen LogP contribution in [0.3, 0.4) is 0 Å². The fourth-order valence-corrected chi connectivity index (χ4v) is 3.93. The van der Waals surface area contributed by atoms with Gasteiger partial charge in [0.15, 0.2) is 4.32 Å². The minimum atomic E-state index is -0.449. The molecule has 2 aromatic carbocycles. The molecule has 0 radical (unpaired) electrons. The van der Waals surface area contributed by atoms with Crippen LogP contribution in [-0.2, 0) is 4.79 Å². The average Bonchev–Trinajstić information content (AvgIpc) is 3.00. The number of nitro benzene ring substituents is 1. The summed E-state index contributed by atoms with van der Waals surface area (Å²) >= 11 is 6.52. The van der Waals surface area contributed by atoms with Gasteiger partial charge < -0.3 is 9.47 Å². The van der Waals surface area contributed by atoms with Crippen LogP contribution in [-0.4, -0.2) is 29.4 Å². The molecule has 2 aromatic rings. The van der Waals surface area contributed by atoms with Gasteiger partial charge in [-0.3, -0.25) is 19.8 Å². The number of methoxy groups -OCH3 is 2. The highest BCUT2D eigenvalue weighted by Gasteiger charge is 2.34. The predicted molar refractivity (Wildman–Crippen MR) is 117 cm³/mol. The number of benzene rings is 2. The number of thioether (sulfide) groups is 1. The number of anilines is 1. The van der Waals surface area contributed by atoms with E-state index in [-0.39, 0.29) is 11.6 Å². The first-order chi connectivity index (χ1) is 14.0. The highest BCUT2D eigenvalue weighted by Crippen LogP contribution is 2.40. The average molecular weight is 428 g/mol. The number of ether oxygens (including phenoxy) is 2. The van der Waals surface area contributed by atoms with E-state index < -0.39 is 4.92 Å². The molecule has 1 saturated heterocycles. The Morgan fingerprint density at radius 2 is 1.93 bits per heavy atom. The maximum absolute atomic E-state index is 12.9. The molecule has 1 heterocycles. The summed E-state index contributed by atoms with van der Waals surface area (Å²) in [4.78, 5) is 25.3. The first-order valence-corrected chi connectivity index (χ1v) is 9.58. The zero-order valence-electron chi connectivity index (χ0n) is 15.5. The number of nitro groups is 1. The summed E-state index contributed by atoms with van der Waals surface area (Å²) < 4.78 is 10.9. The maximum Gasteiger partial charge on any atom is 0.276 e. The van der Waals surface area contributed by atoms with Gasteiger partial charge in [0, 0.05) is 12.1 Å². The lowest BCUT2D eigenvalue weighted by Crippen LogP contribution is -2.27. The van der Waals surface area contributed by atoms with Gasteiger partial charge in [-0.15, -0.1) is 0 Å². The summed E-state index contributed by atoms with van der Waals surface area (Å²) in [6, 6.07) is 11.5. The molecular formula is C20H16N2O5S2. The van der Waals surface area contributed by atoms with E-state index >= 15 is 0 Å². The number of rotatable bonds is 6. The van der Waals surface area contributed by atoms with Crippen LogP contribution in [0.4, 0.5) is 11.4 Å². The van der Waals surface area contributed by atoms with Crippen molar-refractivity contribution in [3.05, 3.63) is 75.2 Å². The fraction of sp³-hybridized carbons (Fsp3) is 0.100. The Balaban J connectivity index is 1.87. The van der Waals surface area contributed by atoms with E-state index in [9.17, 15) is 14.9 Å². The summed E-state index contributed by atoms with van der Waals surface area (Å²) in [5.74, 6) is 0.756. The van der Waals surface area contributed by atoms with E-state index in [0.717, 1.165) is 11.8 Å². The number of allylic oxidation sites excluding steroid dienone is 2. The van der Waals surface area contributed by atoms with E-state index in [0.29, 0.717) is 32.0 Å². The second-order valence-corrected chi connectivity index (χ2v) is 7.43. The zero-order valence-corrected chi connectivity index (χ0v) is 17.2. The van der Waals surface area contributed by atoms with Crippen molar-refractivity contribution in [1.82, 2.24) is 0 Å². The van der Waals surface area contributed by atoms with Gasteiger partial charge in [0.2, 0.25) is 0 Å². The Bertz CT molecular complexity index is 1050. The van der Waals surface area contributed by atoms with E-state index in [1.807, 2.05) is 0 Å². The predicted octanol–water partition coefficient (Wildman–Crippen LogP) is 4.57. The third-order valence-electron chi connectivity index (χ3n) is 4.08. The van der Waals surface area contributed by atoms with Crippen molar-refractivity contribution in [3.8, 4) is 11.5 Å². The molecule has 0 aliphatic carbocycles. The Hall–Kier alpha value is -3.17. The molecule has 1 fully saturated rings. The first-order valence-electron chi connectivity index (χ1n) is 8.36. The molecule has 0 N–H and O–H groups in total. The van der Waals surface area contributed by atoms with Gasteiger partial charge in [0.25, 0.3) is 11.6 Å². The largest absolute Gasteiger partial charge is 0.497 e. The number of carbonyl (C=O) groups excluding carboxylic acids is 1. The number of thiocarbonyl (C=S) groups is 1. The lowest BCUT2D eigenvalue weighted by Gasteiger charge is -2.18. The van der Waals surface area contributed by atoms with Gasteiger partial charge >= 0.3 is 0 Å². The lowest BCUT2D eigenvalue weighted by molar-refractivity contribution is -0.385. The summed E-state index contributed by atoms with van der Waals surface area (Å²) in [5, 5.41) is 11.1. The maximum atomic E-state index is 12.9. The van der Waals surface area contributed by atoms with Gasteiger partial charge in [-0.05, 0) is 30.4 Å². The number of amides is 1. The second-order valence-electron chi connectivity index (χ2n) is 5.75. The molecule has 148 valence electrons. The Morgan fingerprint density at radius 3 is 2.62 bits per heavy atom. The molecule has 1 amide bonds. The molecule has 0 bridgehead atoms. The fourth-order valence-electron chi connectivity index (χ4n) is 2.69. The zero-order chi connectivity index (χ0) is 21.0. The van der Waals surface area contributed by atoms with Crippen LogP contribution >= 0.6 is 24.0 Å².